The molecule has 410 valence electrons. The summed E-state index contributed by atoms with van der Waals surface area (Å²) in [6.07, 6.45) is 60.6. The number of hydrogen-bond donors (Lipinski definition) is 6. The lowest BCUT2D eigenvalue weighted by Crippen LogP contribution is -2.60. The van der Waals surface area contributed by atoms with Crippen LogP contribution in [0.4, 0.5) is 0 Å². The number of aliphatic hydroxyl groups is 5. The van der Waals surface area contributed by atoms with Gasteiger partial charge in [-0.15, -0.1) is 0 Å². The molecule has 0 radical (unpaired) electrons. The van der Waals surface area contributed by atoms with E-state index in [0.717, 1.165) is 44.9 Å². The molecule has 0 aromatic rings. The number of carbonyl (C=O) groups is 1. The van der Waals surface area contributed by atoms with Crippen LogP contribution in [-0.4, -0.2) is 87.5 Å². The van der Waals surface area contributed by atoms with Crippen molar-refractivity contribution < 1.29 is 39.8 Å². The molecule has 1 saturated heterocycles. The number of unbranched alkanes of at least 4 members (excludes halogenated alkanes) is 35. The van der Waals surface area contributed by atoms with Crippen molar-refractivity contribution in [1.29, 1.82) is 0 Å². The van der Waals surface area contributed by atoms with E-state index < -0.39 is 49.5 Å². The number of amides is 1. The first kappa shape index (κ1) is 66.2. The Balaban J connectivity index is 2.13. The van der Waals surface area contributed by atoms with Crippen LogP contribution in [-0.2, 0) is 14.3 Å². The van der Waals surface area contributed by atoms with E-state index in [-0.39, 0.29) is 12.5 Å². The second-order valence-electron chi connectivity index (χ2n) is 20.8. The molecule has 0 aliphatic carbocycles. The van der Waals surface area contributed by atoms with Gasteiger partial charge in [0, 0.05) is 6.42 Å². The SMILES string of the molecule is CCCCCCCCCC/C=C/CC/C=C/C(O)C(COC1OC(CO)C(O)C(O)C1O)NC(=O)CCCCCCCCCCCCCCCCCCC/C=C\C/C=C\CCCCCCCCCCC. The minimum Gasteiger partial charge on any atom is -0.394 e. The van der Waals surface area contributed by atoms with Gasteiger partial charge in [-0.05, 0) is 64.2 Å². The number of rotatable bonds is 51. The lowest BCUT2D eigenvalue weighted by atomic mass is 9.99. The molecule has 1 fully saturated rings. The molecule has 6 N–H and O–H groups in total. The Morgan fingerprint density at radius 3 is 1.29 bits per heavy atom. The summed E-state index contributed by atoms with van der Waals surface area (Å²) in [6.45, 7) is 3.77. The maximum Gasteiger partial charge on any atom is 0.220 e. The van der Waals surface area contributed by atoms with E-state index in [1.165, 1.54) is 212 Å². The first-order valence-corrected chi connectivity index (χ1v) is 29.9. The van der Waals surface area contributed by atoms with Gasteiger partial charge in [0.1, 0.15) is 24.4 Å². The fraction of sp³-hybridized carbons (Fsp3) is 0.852. The van der Waals surface area contributed by atoms with Gasteiger partial charge in [-0.3, -0.25) is 4.79 Å². The molecule has 1 rings (SSSR count). The molecule has 0 bridgehead atoms. The van der Waals surface area contributed by atoms with Gasteiger partial charge in [-0.1, -0.05) is 255 Å². The quantitative estimate of drug-likeness (QED) is 0.0261. The van der Waals surface area contributed by atoms with E-state index in [2.05, 4.69) is 55.6 Å². The predicted molar refractivity (Wildman–Crippen MR) is 295 cm³/mol. The van der Waals surface area contributed by atoms with Crippen molar-refractivity contribution in [2.24, 2.45) is 0 Å². The van der Waals surface area contributed by atoms with Crippen molar-refractivity contribution in [3.05, 3.63) is 48.6 Å². The van der Waals surface area contributed by atoms with Crippen molar-refractivity contribution in [1.82, 2.24) is 5.32 Å². The van der Waals surface area contributed by atoms with Gasteiger partial charge in [-0.25, -0.2) is 0 Å². The third-order valence-electron chi connectivity index (χ3n) is 14.1. The fourth-order valence-corrected chi connectivity index (χ4v) is 9.38. The molecule has 0 aromatic carbocycles. The Bertz CT molecular complexity index is 1240. The van der Waals surface area contributed by atoms with E-state index in [0.29, 0.717) is 6.42 Å². The topological polar surface area (TPSA) is 149 Å². The summed E-state index contributed by atoms with van der Waals surface area (Å²) in [4.78, 5) is 13.0. The van der Waals surface area contributed by atoms with Gasteiger partial charge in [0.2, 0.25) is 5.91 Å². The maximum absolute atomic E-state index is 13.0. The molecule has 7 unspecified atom stereocenters. The minimum atomic E-state index is -1.57. The highest BCUT2D eigenvalue weighted by Gasteiger charge is 2.44. The Morgan fingerprint density at radius 1 is 0.486 bits per heavy atom. The van der Waals surface area contributed by atoms with Crippen molar-refractivity contribution in [3.8, 4) is 0 Å². The third-order valence-corrected chi connectivity index (χ3v) is 14.1. The molecule has 0 aromatic heterocycles. The van der Waals surface area contributed by atoms with E-state index in [1.54, 1.807) is 6.08 Å². The molecule has 9 heteroatoms. The average Bonchev–Trinajstić information content (AvgIpc) is 3.36. The summed E-state index contributed by atoms with van der Waals surface area (Å²) < 4.78 is 11.2. The highest BCUT2D eigenvalue weighted by Crippen LogP contribution is 2.23. The molecule has 9 nitrogen and oxygen atoms in total. The van der Waals surface area contributed by atoms with Crippen LogP contribution in [0.15, 0.2) is 48.6 Å². The van der Waals surface area contributed by atoms with Crippen LogP contribution >= 0.6 is 0 Å². The lowest BCUT2D eigenvalue weighted by molar-refractivity contribution is -0.302. The van der Waals surface area contributed by atoms with E-state index in [9.17, 15) is 30.3 Å². The van der Waals surface area contributed by atoms with Crippen LogP contribution in [0.1, 0.15) is 277 Å². The first-order chi connectivity index (χ1) is 34.3. The normalized spacial score (nSPS) is 19.7. The molecular weight excluding hydrogens is 875 g/mol. The summed E-state index contributed by atoms with van der Waals surface area (Å²) in [5.41, 5.74) is 0. The third kappa shape index (κ3) is 39.7. The molecule has 1 heterocycles. The van der Waals surface area contributed by atoms with Crippen LogP contribution in [0.2, 0.25) is 0 Å². The monoisotopic (exact) mass is 988 g/mol. The Labute approximate surface area is 431 Å². The molecule has 1 aliphatic heterocycles. The summed E-state index contributed by atoms with van der Waals surface area (Å²) in [5.74, 6) is -0.185. The van der Waals surface area contributed by atoms with Crippen molar-refractivity contribution in [2.75, 3.05) is 13.2 Å². The summed E-state index contributed by atoms with van der Waals surface area (Å²) >= 11 is 0. The largest absolute Gasteiger partial charge is 0.394 e. The number of allylic oxidation sites excluding steroid dienone is 7. The summed E-state index contributed by atoms with van der Waals surface area (Å²) in [7, 11) is 0. The number of carbonyl (C=O) groups excluding carboxylic acids is 1. The van der Waals surface area contributed by atoms with Gasteiger partial charge in [0.05, 0.1) is 25.4 Å². The van der Waals surface area contributed by atoms with Crippen LogP contribution < -0.4 is 5.32 Å². The van der Waals surface area contributed by atoms with Gasteiger partial charge in [0.15, 0.2) is 6.29 Å². The standard InChI is InChI=1S/C61H113NO8/c1-3-5-7-9-11-13-15-17-19-20-21-22-23-24-25-26-27-28-29-30-31-32-33-34-35-36-37-39-41-43-45-47-49-51-57(65)62-54(53-69-61-60(68)59(67)58(66)56(52-63)70-61)55(64)50-48-46-44-42-40-38-18-16-14-12-10-8-6-4-2/h21-22,24-25,40,42,48,50,54-56,58-61,63-64,66-68H,3-20,23,26-39,41,43-47,49,51-53H2,1-2H3,(H,62,65)/b22-21-,25-24-,42-40+,50-48+. The number of ether oxygens (including phenoxy) is 2. The van der Waals surface area contributed by atoms with Crippen LogP contribution in [0.3, 0.4) is 0 Å². The van der Waals surface area contributed by atoms with Gasteiger partial charge in [0.25, 0.3) is 0 Å². The van der Waals surface area contributed by atoms with Gasteiger partial charge >= 0.3 is 0 Å². The van der Waals surface area contributed by atoms with Crippen molar-refractivity contribution >= 4 is 5.91 Å². The zero-order valence-corrected chi connectivity index (χ0v) is 45.5. The molecular formula is C61H113NO8. The smallest absolute Gasteiger partial charge is 0.220 e. The van der Waals surface area contributed by atoms with E-state index >= 15 is 0 Å². The van der Waals surface area contributed by atoms with Crippen LogP contribution in [0.5, 0.6) is 0 Å². The second kappa shape index (κ2) is 50.7. The molecule has 0 spiro atoms. The lowest BCUT2D eigenvalue weighted by Gasteiger charge is -2.40. The maximum atomic E-state index is 13.0. The average molecular weight is 989 g/mol. The predicted octanol–water partition coefficient (Wildman–Crippen LogP) is 14.9. The summed E-state index contributed by atoms with van der Waals surface area (Å²) in [5, 5.41) is 54.4. The minimum absolute atomic E-state index is 0.185. The van der Waals surface area contributed by atoms with E-state index in [1.807, 2.05) is 6.08 Å². The molecule has 0 saturated carbocycles. The van der Waals surface area contributed by atoms with Crippen molar-refractivity contribution in [2.45, 2.75) is 320 Å². The van der Waals surface area contributed by atoms with E-state index in [4.69, 9.17) is 9.47 Å². The van der Waals surface area contributed by atoms with Gasteiger partial charge < -0.3 is 40.3 Å². The number of aliphatic hydroxyl groups excluding tert-OH is 5. The molecule has 7 atom stereocenters. The van der Waals surface area contributed by atoms with Gasteiger partial charge in [-0.2, -0.15) is 0 Å². The zero-order chi connectivity index (χ0) is 50.8. The molecule has 1 amide bonds. The fourth-order valence-electron chi connectivity index (χ4n) is 9.38. The molecule has 70 heavy (non-hydrogen) atoms. The number of nitrogens with one attached hydrogen (secondary N) is 1. The summed E-state index contributed by atoms with van der Waals surface area (Å²) in [6, 6.07) is -0.821. The second-order valence-corrected chi connectivity index (χ2v) is 20.8. The Morgan fingerprint density at radius 2 is 0.857 bits per heavy atom. The van der Waals surface area contributed by atoms with Crippen LogP contribution in [0, 0.1) is 0 Å². The van der Waals surface area contributed by atoms with Crippen LogP contribution in [0.25, 0.3) is 0 Å². The highest BCUT2D eigenvalue weighted by atomic mass is 16.7. The highest BCUT2D eigenvalue weighted by molar-refractivity contribution is 5.76. The number of hydrogen-bond acceptors (Lipinski definition) is 8. The Hall–Kier alpha value is -1.85. The van der Waals surface area contributed by atoms with Crippen molar-refractivity contribution in [3.63, 3.8) is 0 Å². The zero-order valence-electron chi connectivity index (χ0n) is 45.5. The first-order valence-electron chi connectivity index (χ1n) is 29.9. The Kier molecular flexibility index (Phi) is 47.9. The molecule has 1 aliphatic rings.